The van der Waals surface area contributed by atoms with Gasteiger partial charge in [-0.05, 0) is 0 Å². The van der Waals surface area contributed by atoms with Gasteiger partial charge in [0, 0.05) is 51.5 Å². The van der Waals surface area contributed by atoms with Crippen LogP contribution in [0.4, 0.5) is 13.6 Å². The van der Waals surface area contributed by atoms with E-state index < -0.39 is 6.43 Å². The Morgan fingerprint density at radius 3 is 2.65 bits per heavy atom. The predicted molar refractivity (Wildman–Crippen MR) is 69.5 cm³/mol. The van der Waals surface area contributed by atoms with Crippen LogP contribution in [0.5, 0.6) is 0 Å². The molecule has 0 aromatic carbocycles. The van der Waals surface area contributed by atoms with Crippen LogP contribution in [-0.4, -0.2) is 64.8 Å². The molecular formula is C12H19F2N5O. The Bertz CT molecular complexity index is 443. The molecule has 0 saturated carbocycles. The standard InChI is InChI=1S/C12H19F2N5O/c1-17-8-10(7-16-17)6-15-12(20)19-4-2-18(3-5-19)9-11(13)14/h7-8,11H,2-6,9H2,1H3,(H,15,20). The minimum absolute atomic E-state index is 0.162. The summed E-state index contributed by atoms with van der Waals surface area (Å²) in [5.41, 5.74) is 0.928. The Labute approximate surface area is 116 Å². The SMILES string of the molecule is Cn1cc(CNC(=O)N2CCN(CC(F)F)CC2)cn1. The molecule has 1 aliphatic heterocycles. The average Bonchev–Trinajstić information content (AvgIpc) is 2.82. The number of nitrogens with zero attached hydrogens (tertiary/aromatic N) is 4. The smallest absolute Gasteiger partial charge is 0.317 e. The van der Waals surface area contributed by atoms with Crippen LogP contribution in [0.25, 0.3) is 0 Å². The molecule has 0 spiro atoms. The van der Waals surface area contributed by atoms with Crippen LogP contribution in [0.3, 0.4) is 0 Å². The van der Waals surface area contributed by atoms with Gasteiger partial charge in [0.2, 0.25) is 0 Å². The van der Waals surface area contributed by atoms with Crippen LogP contribution < -0.4 is 5.32 Å². The van der Waals surface area contributed by atoms with Crippen LogP contribution in [-0.2, 0) is 13.6 Å². The highest BCUT2D eigenvalue weighted by Crippen LogP contribution is 2.05. The molecule has 20 heavy (non-hydrogen) atoms. The molecule has 0 atom stereocenters. The van der Waals surface area contributed by atoms with Crippen molar-refractivity contribution in [3.05, 3.63) is 18.0 Å². The molecule has 6 nitrogen and oxygen atoms in total. The first-order valence-corrected chi connectivity index (χ1v) is 6.55. The molecule has 2 rings (SSSR count). The number of urea groups is 1. The minimum atomic E-state index is -2.32. The summed E-state index contributed by atoms with van der Waals surface area (Å²) >= 11 is 0. The van der Waals surface area contributed by atoms with Gasteiger partial charge in [0.1, 0.15) is 0 Å². The molecule has 0 aliphatic carbocycles. The Morgan fingerprint density at radius 2 is 2.10 bits per heavy atom. The molecule has 1 fully saturated rings. The van der Waals surface area contributed by atoms with E-state index in [9.17, 15) is 13.6 Å². The highest BCUT2D eigenvalue weighted by atomic mass is 19.3. The van der Waals surface area contributed by atoms with Crippen molar-refractivity contribution in [3.63, 3.8) is 0 Å². The summed E-state index contributed by atoms with van der Waals surface area (Å²) < 4.78 is 26.2. The van der Waals surface area contributed by atoms with E-state index in [0.29, 0.717) is 32.7 Å². The third-order valence-corrected chi connectivity index (χ3v) is 3.26. The van der Waals surface area contributed by atoms with Gasteiger partial charge in [-0.3, -0.25) is 9.58 Å². The second kappa shape index (κ2) is 6.65. The topological polar surface area (TPSA) is 53.4 Å². The van der Waals surface area contributed by atoms with Crippen molar-refractivity contribution in [1.82, 2.24) is 24.9 Å². The highest BCUT2D eigenvalue weighted by Gasteiger charge is 2.22. The third-order valence-electron chi connectivity index (χ3n) is 3.26. The van der Waals surface area contributed by atoms with Crippen LogP contribution in [0.2, 0.25) is 0 Å². The Morgan fingerprint density at radius 1 is 1.40 bits per heavy atom. The van der Waals surface area contributed by atoms with Crippen molar-refractivity contribution in [1.29, 1.82) is 0 Å². The summed E-state index contributed by atoms with van der Waals surface area (Å²) in [6.07, 6.45) is 1.21. The number of amides is 2. The van der Waals surface area contributed by atoms with Crippen molar-refractivity contribution in [3.8, 4) is 0 Å². The number of halogens is 2. The number of carbonyl (C=O) groups is 1. The van der Waals surface area contributed by atoms with E-state index in [1.165, 1.54) is 0 Å². The zero-order valence-electron chi connectivity index (χ0n) is 11.4. The van der Waals surface area contributed by atoms with Crippen molar-refractivity contribution in [2.75, 3.05) is 32.7 Å². The number of rotatable bonds is 4. The second-order valence-corrected chi connectivity index (χ2v) is 4.86. The molecule has 0 unspecified atom stereocenters. The maximum atomic E-state index is 12.2. The van der Waals surface area contributed by atoms with Gasteiger partial charge in [-0.25, -0.2) is 13.6 Å². The molecule has 1 aromatic rings. The monoisotopic (exact) mass is 287 g/mol. The van der Waals surface area contributed by atoms with Gasteiger partial charge >= 0.3 is 6.03 Å². The molecule has 0 radical (unpaired) electrons. The maximum absolute atomic E-state index is 12.2. The Balaban J connectivity index is 1.72. The lowest BCUT2D eigenvalue weighted by Crippen LogP contribution is -2.52. The van der Waals surface area contributed by atoms with Gasteiger partial charge in [-0.15, -0.1) is 0 Å². The van der Waals surface area contributed by atoms with Gasteiger partial charge < -0.3 is 10.2 Å². The number of aromatic nitrogens is 2. The van der Waals surface area contributed by atoms with Crippen molar-refractivity contribution in [2.45, 2.75) is 13.0 Å². The van der Waals surface area contributed by atoms with Crippen LogP contribution in [0, 0.1) is 0 Å². The number of hydrogen-bond acceptors (Lipinski definition) is 3. The third kappa shape index (κ3) is 4.16. The minimum Gasteiger partial charge on any atom is -0.334 e. The van der Waals surface area contributed by atoms with E-state index in [1.54, 1.807) is 20.7 Å². The fourth-order valence-corrected chi connectivity index (χ4v) is 2.18. The second-order valence-electron chi connectivity index (χ2n) is 4.86. The Hall–Kier alpha value is -1.70. The predicted octanol–water partition coefficient (Wildman–Crippen LogP) is 0.512. The number of nitrogens with one attached hydrogen (secondary N) is 1. The van der Waals surface area contributed by atoms with Gasteiger partial charge in [0.05, 0.1) is 12.7 Å². The molecule has 112 valence electrons. The summed E-state index contributed by atoms with van der Waals surface area (Å²) in [7, 11) is 1.81. The summed E-state index contributed by atoms with van der Waals surface area (Å²) in [4.78, 5) is 15.3. The quantitative estimate of drug-likeness (QED) is 0.878. The maximum Gasteiger partial charge on any atom is 0.317 e. The molecule has 1 saturated heterocycles. The van der Waals surface area contributed by atoms with Gasteiger partial charge in [0.15, 0.2) is 0 Å². The number of carbonyl (C=O) groups excluding carboxylic acids is 1. The fourth-order valence-electron chi connectivity index (χ4n) is 2.18. The lowest BCUT2D eigenvalue weighted by atomic mass is 10.3. The average molecular weight is 287 g/mol. The molecule has 1 aromatic heterocycles. The van der Waals surface area contributed by atoms with Gasteiger partial charge in [0.25, 0.3) is 6.43 Å². The summed E-state index contributed by atoms with van der Waals surface area (Å²) in [5, 5.41) is 6.82. The molecular weight excluding hydrogens is 268 g/mol. The van der Waals surface area contributed by atoms with Crippen molar-refractivity contribution >= 4 is 6.03 Å². The first-order chi connectivity index (χ1) is 9.54. The van der Waals surface area contributed by atoms with Gasteiger partial charge in [-0.2, -0.15) is 5.10 Å². The summed E-state index contributed by atoms with van der Waals surface area (Å²) in [6, 6.07) is -0.162. The molecule has 8 heteroatoms. The van der Waals surface area contributed by atoms with E-state index in [0.717, 1.165) is 5.56 Å². The van der Waals surface area contributed by atoms with E-state index in [2.05, 4.69) is 10.4 Å². The van der Waals surface area contributed by atoms with Crippen LogP contribution in [0.15, 0.2) is 12.4 Å². The van der Waals surface area contributed by atoms with E-state index >= 15 is 0 Å². The molecule has 0 bridgehead atoms. The first-order valence-electron chi connectivity index (χ1n) is 6.55. The largest absolute Gasteiger partial charge is 0.334 e. The molecule has 2 heterocycles. The zero-order valence-corrected chi connectivity index (χ0v) is 11.4. The van der Waals surface area contributed by atoms with E-state index in [-0.39, 0.29) is 12.6 Å². The Kier molecular flexibility index (Phi) is 4.89. The van der Waals surface area contributed by atoms with Crippen molar-refractivity contribution < 1.29 is 13.6 Å². The number of alkyl halides is 2. The lowest BCUT2D eigenvalue weighted by molar-refractivity contribution is 0.0636. The van der Waals surface area contributed by atoms with Gasteiger partial charge in [-0.1, -0.05) is 0 Å². The number of aryl methyl sites for hydroxylation is 1. The van der Waals surface area contributed by atoms with Crippen LogP contribution >= 0.6 is 0 Å². The number of piperazine rings is 1. The summed E-state index contributed by atoms with van der Waals surface area (Å²) in [5.74, 6) is 0. The summed E-state index contributed by atoms with van der Waals surface area (Å²) in [6.45, 7) is 2.14. The lowest BCUT2D eigenvalue weighted by Gasteiger charge is -2.34. The fraction of sp³-hybridized carbons (Fsp3) is 0.667. The first kappa shape index (κ1) is 14.7. The molecule has 2 amide bonds. The van der Waals surface area contributed by atoms with Crippen LogP contribution in [0.1, 0.15) is 5.56 Å². The van der Waals surface area contributed by atoms with E-state index in [4.69, 9.17) is 0 Å². The molecule has 1 aliphatic rings. The normalized spacial score (nSPS) is 16.7. The zero-order chi connectivity index (χ0) is 14.5. The number of hydrogen-bond donors (Lipinski definition) is 1. The highest BCUT2D eigenvalue weighted by molar-refractivity contribution is 5.74. The molecule has 1 N–H and O–H groups in total. The van der Waals surface area contributed by atoms with Crippen molar-refractivity contribution in [2.24, 2.45) is 7.05 Å². The van der Waals surface area contributed by atoms with E-state index in [1.807, 2.05) is 13.2 Å².